The van der Waals surface area contributed by atoms with Crippen molar-refractivity contribution >= 4 is 17.5 Å². The highest BCUT2D eigenvalue weighted by molar-refractivity contribution is 6.39. The predicted molar refractivity (Wildman–Crippen MR) is 108 cm³/mol. The number of fused-ring (bicyclic) bond motifs is 1. The third-order valence-electron chi connectivity index (χ3n) is 4.71. The van der Waals surface area contributed by atoms with Gasteiger partial charge >= 0.3 is 11.8 Å². The van der Waals surface area contributed by atoms with Crippen LogP contribution in [0, 0.1) is 0 Å². The summed E-state index contributed by atoms with van der Waals surface area (Å²) >= 11 is 0. The average Bonchev–Trinajstić information content (AvgIpc) is 3.13. The van der Waals surface area contributed by atoms with E-state index in [4.69, 9.17) is 9.47 Å². The summed E-state index contributed by atoms with van der Waals surface area (Å²) in [5.74, 6) is 0.432. The lowest BCUT2D eigenvalue weighted by molar-refractivity contribution is -0.136. The van der Waals surface area contributed by atoms with E-state index in [2.05, 4.69) is 38.3 Å². The Balaban J connectivity index is 1.68. The molecule has 0 aliphatic carbocycles. The molecule has 0 unspecified atom stereocenters. The molecule has 6 heteroatoms. The largest absolute Gasteiger partial charge is 0.454 e. The van der Waals surface area contributed by atoms with E-state index in [9.17, 15) is 9.59 Å². The molecule has 1 aliphatic rings. The van der Waals surface area contributed by atoms with Gasteiger partial charge in [-0.3, -0.25) is 9.59 Å². The molecule has 0 fully saturated rings. The molecule has 0 saturated carbocycles. The molecule has 0 bridgehead atoms. The summed E-state index contributed by atoms with van der Waals surface area (Å²) in [6.45, 7) is 8.68. The Kier molecular flexibility index (Phi) is 5.87. The van der Waals surface area contributed by atoms with Crippen LogP contribution < -0.4 is 20.1 Å². The molecule has 0 aromatic heterocycles. The Morgan fingerprint density at radius 1 is 0.929 bits per heavy atom. The van der Waals surface area contributed by atoms with E-state index in [1.165, 1.54) is 0 Å². The molecular weight excluding hydrogens is 356 g/mol. The first kappa shape index (κ1) is 19.7. The average molecular weight is 382 g/mol. The second-order valence-corrected chi connectivity index (χ2v) is 7.45. The molecule has 0 spiro atoms. The molecule has 0 saturated heterocycles. The number of hydrogen-bond donors (Lipinski definition) is 2. The Bertz CT molecular complexity index is 864. The maximum absolute atomic E-state index is 12.5. The Hall–Kier alpha value is -3.02. The van der Waals surface area contributed by atoms with Crippen LogP contribution in [0.15, 0.2) is 36.4 Å². The summed E-state index contributed by atoms with van der Waals surface area (Å²) in [5.41, 5.74) is 3.60. The van der Waals surface area contributed by atoms with Crippen LogP contribution in [0.4, 0.5) is 5.69 Å². The summed E-state index contributed by atoms with van der Waals surface area (Å²) in [7, 11) is 0. The fourth-order valence-corrected chi connectivity index (χ4v) is 3.18. The second-order valence-electron chi connectivity index (χ2n) is 7.45. The lowest BCUT2D eigenvalue weighted by Crippen LogP contribution is -2.35. The van der Waals surface area contributed by atoms with Crippen LogP contribution in [-0.2, 0) is 16.1 Å². The van der Waals surface area contributed by atoms with Gasteiger partial charge in [-0.1, -0.05) is 52.0 Å². The quantitative estimate of drug-likeness (QED) is 0.769. The lowest BCUT2D eigenvalue weighted by atomic mass is 9.92. The number of para-hydroxylation sites is 1. The molecule has 2 amide bonds. The zero-order valence-electron chi connectivity index (χ0n) is 16.7. The minimum Gasteiger partial charge on any atom is -0.454 e. The number of amides is 2. The predicted octanol–water partition coefficient (Wildman–Crippen LogP) is 3.92. The fourth-order valence-electron chi connectivity index (χ4n) is 3.18. The molecule has 2 N–H and O–H groups in total. The minimum atomic E-state index is -0.675. The number of hydrogen-bond acceptors (Lipinski definition) is 4. The molecule has 0 radical (unpaired) electrons. The first-order valence-corrected chi connectivity index (χ1v) is 9.47. The van der Waals surface area contributed by atoms with Crippen LogP contribution in [0.25, 0.3) is 0 Å². The minimum absolute atomic E-state index is 0.195. The number of ether oxygens (including phenoxy) is 2. The SMILES string of the molecule is CC(C)c1cccc(C(C)C)c1NC(=O)C(=O)NCc1ccc2c(c1)OCO2. The number of rotatable bonds is 5. The van der Waals surface area contributed by atoms with Crippen molar-refractivity contribution in [1.82, 2.24) is 5.32 Å². The van der Waals surface area contributed by atoms with Gasteiger partial charge in [-0.25, -0.2) is 0 Å². The van der Waals surface area contributed by atoms with Crippen molar-refractivity contribution in [3.8, 4) is 11.5 Å². The van der Waals surface area contributed by atoms with Gasteiger partial charge in [0.1, 0.15) is 0 Å². The molecule has 2 aromatic rings. The van der Waals surface area contributed by atoms with E-state index in [1.807, 2.05) is 24.3 Å². The normalized spacial score (nSPS) is 12.4. The van der Waals surface area contributed by atoms with E-state index >= 15 is 0 Å². The van der Waals surface area contributed by atoms with Crippen molar-refractivity contribution in [3.05, 3.63) is 53.1 Å². The van der Waals surface area contributed by atoms with Gasteiger partial charge in [-0.15, -0.1) is 0 Å². The molecule has 3 rings (SSSR count). The van der Waals surface area contributed by atoms with E-state index < -0.39 is 11.8 Å². The number of benzene rings is 2. The van der Waals surface area contributed by atoms with Gasteiger partial charge in [-0.2, -0.15) is 0 Å². The van der Waals surface area contributed by atoms with Gasteiger partial charge in [0.25, 0.3) is 0 Å². The van der Waals surface area contributed by atoms with Gasteiger partial charge in [-0.05, 0) is 40.7 Å². The van der Waals surface area contributed by atoms with Crippen molar-refractivity contribution in [2.45, 2.75) is 46.1 Å². The van der Waals surface area contributed by atoms with E-state index in [1.54, 1.807) is 12.1 Å². The number of carbonyl (C=O) groups excluding carboxylic acids is 2. The highest BCUT2D eigenvalue weighted by atomic mass is 16.7. The van der Waals surface area contributed by atoms with Crippen LogP contribution >= 0.6 is 0 Å². The lowest BCUT2D eigenvalue weighted by Gasteiger charge is -2.20. The highest BCUT2D eigenvalue weighted by Crippen LogP contribution is 2.33. The van der Waals surface area contributed by atoms with E-state index in [-0.39, 0.29) is 25.2 Å². The zero-order chi connectivity index (χ0) is 20.3. The molecule has 2 aromatic carbocycles. The van der Waals surface area contributed by atoms with Gasteiger partial charge in [0, 0.05) is 12.2 Å². The summed E-state index contributed by atoms with van der Waals surface area (Å²) in [6, 6.07) is 11.4. The summed E-state index contributed by atoms with van der Waals surface area (Å²) in [4.78, 5) is 24.8. The van der Waals surface area contributed by atoms with Crippen LogP contribution in [0.5, 0.6) is 11.5 Å². The number of carbonyl (C=O) groups is 2. The van der Waals surface area contributed by atoms with Crippen molar-refractivity contribution < 1.29 is 19.1 Å². The third-order valence-corrected chi connectivity index (χ3v) is 4.71. The van der Waals surface area contributed by atoms with Gasteiger partial charge in [0.2, 0.25) is 6.79 Å². The zero-order valence-corrected chi connectivity index (χ0v) is 16.7. The Morgan fingerprint density at radius 3 is 2.21 bits per heavy atom. The van der Waals surface area contributed by atoms with Crippen molar-refractivity contribution in [2.24, 2.45) is 0 Å². The smallest absolute Gasteiger partial charge is 0.313 e. The van der Waals surface area contributed by atoms with Gasteiger partial charge < -0.3 is 20.1 Å². The molecule has 1 aliphatic heterocycles. The van der Waals surface area contributed by atoms with Gasteiger partial charge in [0.05, 0.1) is 0 Å². The number of nitrogens with one attached hydrogen (secondary N) is 2. The first-order valence-electron chi connectivity index (χ1n) is 9.47. The van der Waals surface area contributed by atoms with E-state index in [0.29, 0.717) is 11.5 Å². The summed E-state index contributed by atoms with van der Waals surface area (Å²) in [6.07, 6.45) is 0. The standard InChI is InChI=1S/C22H26N2O4/c1-13(2)16-6-5-7-17(14(3)4)20(16)24-22(26)21(25)23-11-15-8-9-18-19(10-15)28-12-27-18/h5-10,13-14H,11-12H2,1-4H3,(H,23,25)(H,24,26). The Labute approximate surface area is 165 Å². The fraction of sp³-hybridized carbons (Fsp3) is 0.364. The maximum atomic E-state index is 12.5. The topological polar surface area (TPSA) is 76.7 Å². The monoisotopic (exact) mass is 382 g/mol. The van der Waals surface area contributed by atoms with Crippen molar-refractivity contribution in [3.63, 3.8) is 0 Å². The van der Waals surface area contributed by atoms with Crippen LogP contribution in [0.3, 0.4) is 0 Å². The summed E-state index contributed by atoms with van der Waals surface area (Å²) < 4.78 is 10.6. The van der Waals surface area contributed by atoms with Crippen LogP contribution in [0.2, 0.25) is 0 Å². The first-order chi connectivity index (χ1) is 13.4. The van der Waals surface area contributed by atoms with Gasteiger partial charge in [0.15, 0.2) is 11.5 Å². The molecule has 6 nitrogen and oxygen atoms in total. The van der Waals surface area contributed by atoms with Crippen molar-refractivity contribution in [2.75, 3.05) is 12.1 Å². The highest BCUT2D eigenvalue weighted by Gasteiger charge is 2.20. The molecule has 28 heavy (non-hydrogen) atoms. The molecule has 0 atom stereocenters. The summed E-state index contributed by atoms with van der Waals surface area (Å²) in [5, 5.41) is 5.48. The molecular formula is C22H26N2O4. The molecule has 148 valence electrons. The Morgan fingerprint density at radius 2 is 1.57 bits per heavy atom. The van der Waals surface area contributed by atoms with E-state index in [0.717, 1.165) is 22.4 Å². The number of anilines is 1. The third kappa shape index (κ3) is 4.27. The maximum Gasteiger partial charge on any atom is 0.313 e. The molecule has 1 heterocycles. The van der Waals surface area contributed by atoms with Crippen LogP contribution in [0.1, 0.15) is 56.2 Å². The van der Waals surface area contributed by atoms with Crippen molar-refractivity contribution in [1.29, 1.82) is 0 Å². The second kappa shape index (κ2) is 8.33. The van der Waals surface area contributed by atoms with Crippen LogP contribution in [-0.4, -0.2) is 18.6 Å².